The number of aryl methyl sites for hydroxylation is 2. The number of amides is 1. The second kappa shape index (κ2) is 10.1. The van der Waals surface area contributed by atoms with Crippen LogP contribution in [0.3, 0.4) is 0 Å². The van der Waals surface area contributed by atoms with Crippen molar-refractivity contribution < 1.29 is 21.6 Å². The van der Waals surface area contributed by atoms with Crippen LogP contribution in [0.5, 0.6) is 0 Å². The molecule has 0 spiro atoms. The lowest BCUT2D eigenvalue weighted by Crippen LogP contribution is -2.23. The average Bonchev–Trinajstić information content (AvgIpc) is 2.77. The highest BCUT2D eigenvalue weighted by Crippen LogP contribution is 2.26. The molecule has 0 bridgehead atoms. The van der Waals surface area contributed by atoms with E-state index >= 15 is 0 Å². The standard InChI is InChI=1S/C26H29NO5S2/c1-5-12-34(31,32)24-15-22(21-10-6-18(2)7-11-21)14-23(16-24)26(28)27-17-20-9-8-19(3)25(13-20)33(4,29)30/h6-11,13-16H,5,12,17H2,1-4H3,(H,27,28). The summed E-state index contributed by atoms with van der Waals surface area (Å²) in [5.74, 6) is -0.452. The first-order valence-corrected chi connectivity index (χ1v) is 14.5. The number of nitrogens with one attached hydrogen (secondary N) is 1. The molecule has 0 heterocycles. The van der Waals surface area contributed by atoms with Crippen molar-refractivity contribution in [2.24, 2.45) is 0 Å². The van der Waals surface area contributed by atoms with Gasteiger partial charge in [0.25, 0.3) is 5.91 Å². The van der Waals surface area contributed by atoms with Crippen molar-refractivity contribution in [3.8, 4) is 11.1 Å². The molecular formula is C26H29NO5S2. The van der Waals surface area contributed by atoms with Gasteiger partial charge in [0.05, 0.1) is 15.5 Å². The summed E-state index contributed by atoms with van der Waals surface area (Å²) in [4.78, 5) is 13.3. The number of carbonyl (C=O) groups is 1. The Labute approximate surface area is 201 Å². The fourth-order valence-electron chi connectivity index (χ4n) is 3.65. The number of hydrogen-bond acceptors (Lipinski definition) is 5. The number of sulfone groups is 2. The molecular weight excluding hydrogens is 470 g/mol. The Morgan fingerprint density at radius 1 is 0.853 bits per heavy atom. The Bertz CT molecular complexity index is 1420. The molecule has 6 nitrogen and oxygen atoms in total. The second-order valence-corrected chi connectivity index (χ2v) is 12.6. The SMILES string of the molecule is CCCS(=O)(=O)c1cc(C(=O)NCc2ccc(C)c(S(C)(=O)=O)c2)cc(-c2ccc(C)cc2)c1. The molecule has 1 amide bonds. The zero-order chi connectivity index (χ0) is 25.1. The second-order valence-electron chi connectivity index (χ2n) is 8.49. The van der Waals surface area contributed by atoms with Crippen LogP contribution >= 0.6 is 0 Å². The van der Waals surface area contributed by atoms with Crippen LogP contribution in [0.2, 0.25) is 0 Å². The molecule has 0 fully saturated rings. The fourth-order valence-corrected chi connectivity index (χ4v) is 6.05. The minimum absolute atomic E-state index is 0.0109. The van der Waals surface area contributed by atoms with Crippen molar-refractivity contribution in [2.45, 2.75) is 43.5 Å². The summed E-state index contributed by atoms with van der Waals surface area (Å²) < 4.78 is 49.6. The predicted octanol–water partition coefficient (Wildman–Crippen LogP) is 4.49. The Morgan fingerprint density at radius 3 is 2.15 bits per heavy atom. The highest BCUT2D eigenvalue weighted by atomic mass is 32.2. The molecule has 1 N–H and O–H groups in total. The number of rotatable bonds is 8. The van der Waals surface area contributed by atoms with Crippen molar-refractivity contribution in [3.63, 3.8) is 0 Å². The maximum Gasteiger partial charge on any atom is 0.251 e. The summed E-state index contributed by atoms with van der Waals surface area (Å²) in [6.45, 7) is 5.58. The van der Waals surface area contributed by atoms with Gasteiger partial charge in [-0.25, -0.2) is 16.8 Å². The minimum Gasteiger partial charge on any atom is -0.348 e. The van der Waals surface area contributed by atoms with E-state index in [1.54, 1.807) is 44.2 Å². The molecule has 3 rings (SSSR count). The summed E-state index contributed by atoms with van der Waals surface area (Å²) >= 11 is 0. The first-order chi connectivity index (χ1) is 15.9. The van der Waals surface area contributed by atoms with Gasteiger partial charge in [-0.3, -0.25) is 4.79 Å². The van der Waals surface area contributed by atoms with E-state index in [4.69, 9.17) is 0 Å². The molecule has 0 aliphatic carbocycles. The van der Waals surface area contributed by atoms with Crippen LogP contribution < -0.4 is 5.32 Å². The zero-order valence-electron chi connectivity index (χ0n) is 19.8. The first kappa shape index (κ1) is 25.6. The van der Waals surface area contributed by atoms with Gasteiger partial charge >= 0.3 is 0 Å². The maximum absolute atomic E-state index is 13.0. The Kier molecular flexibility index (Phi) is 7.63. The third-order valence-electron chi connectivity index (χ3n) is 5.49. The molecule has 0 aromatic heterocycles. The van der Waals surface area contributed by atoms with Crippen LogP contribution in [-0.2, 0) is 26.2 Å². The molecule has 0 unspecified atom stereocenters. The largest absolute Gasteiger partial charge is 0.348 e. The van der Waals surface area contributed by atoms with Crippen molar-refractivity contribution in [2.75, 3.05) is 12.0 Å². The number of carbonyl (C=O) groups excluding carboxylic acids is 1. The molecule has 0 aliphatic heterocycles. The summed E-state index contributed by atoms with van der Waals surface area (Å²) in [5, 5.41) is 2.78. The van der Waals surface area contributed by atoms with Crippen LogP contribution in [-0.4, -0.2) is 34.8 Å². The predicted molar refractivity (Wildman–Crippen MR) is 134 cm³/mol. The third kappa shape index (κ3) is 6.12. The fraction of sp³-hybridized carbons (Fsp3) is 0.269. The molecule has 8 heteroatoms. The van der Waals surface area contributed by atoms with E-state index in [0.29, 0.717) is 23.1 Å². The van der Waals surface area contributed by atoms with Crippen molar-refractivity contribution >= 4 is 25.6 Å². The van der Waals surface area contributed by atoms with Crippen molar-refractivity contribution in [1.29, 1.82) is 0 Å². The summed E-state index contributed by atoms with van der Waals surface area (Å²) in [7, 11) is -6.94. The van der Waals surface area contributed by atoms with Gasteiger partial charge in [-0.05, 0) is 66.8 Å². The lowest BCUT2D eigenvalue weighted by Gasteiger charge is -2.12. The molecule has 34 heavy (non-hydrogen) atoms. The lowest BCUT2D eigenvalue weighted by atomic mass is 10.0. The van der Waals surface area contributed by atoms with E-state index in [1.165, 1.54) is 6.07 Å². The van der Waals surface area contributed by atoms with Crippen LogP contribution in [0, 0.1) is 13.8 Å². The monoisotopic (exact) mass is 499 g/mol. The van der Waals surface area contributed by atoms with Gasteiger partial charge in [0.1, 0.15) is 0 Å². The van der Waals surface area contributed by atoms with Crippen molar-refractivity contribution in [1.82, 2.24) is 5.32 Å². The highest BCUT2D eigenvalue weighted by Gasteiger charge is 2.19. The van der Waals surface area contributed by atoms with Gasteiger partial charge in [0.2, 0.25) is 0 Å². The number of hydrogen-bond donors (Lipinski definition) is 1. The summed E-state index contributed by atoms with van der Waals surface area (Å²) in [5.41, 5.74) is 4.01. The topological polar surface area (TPSA) is 97.4 Å². The van der Waals surface area contributed by atoms with E-state index in [1.807, 2.05) is 31.2 Å². The molecule has 0 radical (unpaired) electrons. The normalized spacial score (nSPS) is 11.9. The molecule has 0 saturated heterocycles. The maximum atomic E-state index is 13.0. The summed E-state index contributed by atoms with van der Waals surface area (Å²) in [6.07, 6.45) is 1.61. The van der Waals surface area contributed by atoms with Gasteiger partial charge in [0, 0.05) is 18.4 Å². The van der Waals surface area contributed by atoms with Crippen LogP contribution in [0.1, 0.15) is 40.4 Å². The van der Waals surface area contributed by atoms with Gasteiger partial charge in [-0.15, -0.1) is 0 Å². The highest BCUT2D eigenvalue weighted by molar-refractivity contribution is 7.91. The molecule has 0 atom stereocenters. The lowest BCUT2D eigenvalue weighted by molar-refractivity contribution is 0.0950. The molecule has 3 aromatic carbocycles. The van der Waals surface area contributed by atoms with Gasteiger partial charge in [-0.2, -0.15) is 0 Å². The molecule has 0 aliphatic rings. The smallest absolute Gasteiger partial charge is 0.251 e. The van der Waals surface area contributed by atoms with Crippen molar-refractivity contribution in [3.05, 3.63) is 82.9 Å². The van der Waals surface area contributed by atoms with E-state index in [-0.39, 0.29) is 27.7 Å². The van der Waals surface area contributed by atoms with Crippen LogP contribution in [0.4, 0.5) is 0 Å². The Hall–Kier alpha value is -2.97. The van der Waals surface area contributed by atoms with Crippen LogP contribution in [0.15, 0.2) is 70.5 Å². The quantitative estimate of drug-likeness (QED) is 0.493. The molecule has 3 aromatic rings. The van der Waals surface area contributed by atoms with E-state index in [9.17, 15) is 21.6 Å². The van der Waals surface area contributed by atoms with E-state index < -0.39 is 25.6 Å². The van der Waals surface area contributed by atoms with E-state index in [2.05, 4.69) is 5.32 Å². The first-order valence-electron chi connectivity index (χ1n) is 10.9. The van der Waals surface area contributed by atoms with E-state index in [0.717, 1.165) is 17.4 Å². The molecule has 180 valence electrons. The van der Waals surface area contributed by atoms with Gasteiger partial charge < -0.3 is 5.32 Å². The Morgan fingerprint density at radius 2 is 1.53 bits per heavy atom. The van der Waals surface area contributed by atoms with Crippen LogP contribution in [0.25, 0.3) is 11.1 Å². The minimum atomic E-state index is -3.55. The number of benzene rings is 3. The summed E-state index contributed by atoms with van der Waals surface area (Å²) in [6, 6.07) is 17.3. The molecule has 0 saturated carbocycles. The zero-order valence-corrected chi connectivity index (χ0v) is 21.4. The third-order valence-corrected chi connectivity index (χ3v) is 8.63. The van der Waals surface area contributed by atoms with Gasteiger partial charge in [-0.1, -0.05) is 48.9 Å². The average molecular weight is 500 g/mol. The van der Waals surface area contributed by atoms with Gasteiger partial charge in [0.15, 0.2) is 19.7 Å². The Balaban J connectivity index is 1.95.